The summed E-state index contributed by atoms with van der Waals surface area (Å²) in [5.74, 6) is 0.906. The zero-order chi connectivity index (χ0) is 16.6. The second-order valence-electron chi connectivity index (χ2n) is 6.61. The van der Waals surface area contributed by atoms with Gasteiger partial charge in [0.25, 0.3) is 6.47 Å². The van der Waals surface area contributed by atoms with Gasteiger partial charge in [-0.15, -0.1) is 0 Å². The van der Waals surface area contributed by atoms with Gasteiger partial charge in [-0.3, -0.25) is 10.1 Å². The van der Waals surface area contributed by atoms with E-state index in [1.807, 2.05) is 65.0 Å². The highest BCUT2D eigenvalue weighted by molar-refractivity contribution is 5.37. The molecule has 0 bridgehead atoms. The van der Waals surface area contributed by atoms with Crippen LogP contribution >= 0.6 is 0 Å². The van der Waals surface area contributed by atoms with Crippen LogP contribution in [-0.4, -0.2) is 37.1 Å². The van der Waals surface area contributed by atoms with E-state index < -0.39 is 0 Å². The van der Waals surface area contributed by atoms with Gasteiger partial charge < -0.3 is 14.2 Å². The number of hydrogen-bond donors (Lipinski definition) is 1. The fourth-order valence-electron chi connectivity index (χ4n) is 1.83. The van der Waals surface area contributed by atoms with Gasteiger partial charge in [0.2, 0.25) is 0 Å². The third-order valence-electron chi connectivity index (χ3n) is 2.79. The molecule has 2 rings (SSSR count). The predicted octanol–water partition coefficient (Wildman–Crippen LogP) is 2.75. The van der Waals surface area contributed by atoms with Crippen LogP contribution < -0.4 is 10.1 Å². The van der Waals surface area contributed by atoms with Crippen LogP contribution in [0.3, 0.4) is 0 Å². The van der Waals surface area contributed by atoms with Crippen molar-refractivity contribution < 1.29 is 19.0 Å². The Morgan fingerprint density at radius 2 is 1.95 bits per heavy atom. The van der Waals surface area contributed by atoms with E-state index in [0.29, 0.717) is 19.7 Å². The van der Waals surface area contributed by atoms with Gasteiger partial charge in [0.15, 0.2) is 0 Å². The normalized spacial score (nSPS) is 19.8. The Morgan fingerprint density at radius 1 is 1.32 bits per heavy atom. The summed E-state index contributed by atoms with van der Waals surface area (Å²) in [5, 5.41) is 3.35. The van der Waals surface area contributed by atoms with Crippen molar-refractivity contribution in [3.05, 3.63) is 30.3 Å². The van der Waals surface area contributed by atoms with E-state index in [1.165, 1.54) is 0 Å². The molecule has 1 unspecified atom stereocenters. The molecule has 22 heavy (non-hydrogen) atoms. The summed E-state index contributed by atoms with van der Waals surface area (Å²) in [7, 11) is 0. The highest BCUT2D eigenvalue weighted by Crippen LogP contribution is 2.15. The van der Waals surface area contributed by atoms with Crippen molar-refractivity contribution in [1.29, 1.82) is 0 Å². The smallest absolute Gasteiger partial charge is 0.293 e. The van der Waals surface area contributed by atoms with Gasteiger partial charge in [-0.2, -0.15) is 0 Å². The Balaban J connectivity index is 0.000000295. The van der Waals surface area contributed by atoms with Crippen LogP contribution in [0.2, 0.25) is 0 Å². The van der Waals surface area contributed by atoms with Crippen LogP contribution in [0.25, 0.3) is 0 Å². The maximum absolute atomic E-state index is 9.60. The fourth-order valence-corrected chi connectivity index (χ4v) is 1.83. The lowest BCUT2D eigenvalue weighted by Gasteiger charge is -2.18. The van der Waals surface area contributed by atoms with Gasteiger partial charge in [-0.1, -0.05) is 18.2 Å². The molecule has 1 saturated heterocycles. The van der Waals surface area contributed by atoms with Gasteiger partial charge in [0.1, 0.15) is 23.7 Å². The molecule has 0 aromatic heterocycles. The van der Waals surface area contributed by atoms with Crippen molar-refractivity contribution in [3.63, 3.8) is 0 Å². The number of carbonyl (C=O) groups is 1. The van der Waals surface area contributed by atoms with Crippen LogP contribution in [0.4, 0.5) is 0 Å². The number of ether oxygens (including phenoxy) is 3. The lowest BCUT2D eigenvalue weighted by Crippen LogP contribution is -2.41. The van der Waals surface area contributed by atoms with Gasteiger partial charge >= 0.3 is 0 Å². The van der Waals surface area contributed by atoms with E-state index >= 15 is 0 Å². The molecule has 1 atom stereocenters. The van der Waals surface area contributed by atoms with Crippen LogP contribution in [0, 0.1) is 0 Å². The lowest BCUT2D eigenvalue weighted by molar-refractivity contribution is -0.138. The number of hydrogen-bond acceptors (Lipinski definition) is 5. The first kappa shape index (κ1) is 18.5. The van der Waals surface area contributed by atoms with E-state index in [2.05, 4.69) is 10.1 Å². The monoisotopic (exact) mass is 309 g/mol. The molecular weight excluding hydrogens is 282 g/mol. The van der Waals surface area contributed by atoms with Crippen LogP contribution in [0.1, 0.15) is 34.6 Å². The van der Waals surface area contributed by atoms with E-state index in [0.717, 1.165) is 5.75 Å². The molecule has 1 aliphatic rings. The molecule has 1 aliphatic heterocycles. The number of nitrogens with one attached hydrogen (secondary N) is 1. The van der Waals surface area contributed by atoms with Crippen molar-refractivity contribution in [2.75, 3.05) is 13.2 Å². The van der Waals surface area contributed by atoms with E-state index in [1.54, 1.807) is 0 Å². The maximum atomic E-state index is 9.60. The first-order valence-electron chi connectivity index (χ1n) is 7.43. The second kappa shape index (κ2) is 8.15. The van der Waals surface area contributed by atoms with Crippen molar-refractivity contribution >= 4 is 6.47 Å². The second-order valence-corrected chi connectivity index (χ2v) is 6.61. The lowest BCUT2D eigenvalue weighted by atomic mass is 10.2. The Bertz CT molecular complexity index is 440. The molecule has 0 amide bonds. The van der Waals surface area contributed by atoms with Crippen molar-refractivity contribution in [1.82, 2.24) is 5.32 Å². The van der Waals surface area contributed by atoms with Crippen molar-refractivity contribution in [2.24, 2.45) is 0 Å². The Hall–Kier alpha value is -1.59. The first-order valence-corrected chi connectivity index (χ1v) is 7.43. The molecule has 1 N–H and O–H groups in total. The fraction of sp³-hybridized carbons (Fsp3) is 0.588. The molecule has 1 fully saturated rings. The van der Waals surface area contributed by atoms with Crippen LogP contribution in [0.5, 0.6) is 5.75 Å². The van der Waals surface area contributed by atoms with Crippen LogP contribution in [0.15, 0.2) is 30.3 Å². The molecule has 0 radical (unpaired) electrons. The van der Waals surface area contributed by atoms with Gasteiger partial charge in [-0.25, -0.2) is 0 Å². The molecule has 5 heteroatoms. The number of para-hydroxylation sites is 1. The Labute approximate surface area is 132 Å². The standard InChI is InChI=1S/C12H17NO2.C5H10O2/c1-12(2)13-10(9-15-12)8-14-11-6-4-3-5-7-11;1-5(2,3)7-4-6/h3-7,10,13H,8-9H2,1-2H3;4H,1-3H3. The van der Waals surface area contributed by atoms with Crippen molar-refractivity contribution in [3.8, 4) is 5.75 Å². The summed E-state index contributed by atoms with van der Waals surface area (Å²) in [6.45, 7) is 11.3. The number of rotatable bonds is 4. The summed E-state index contributed by atoms with van der Waals surface area (Å²) < 4.78 is 15.7. The summed E-state index contributed by atoms with van der Waals surface area (Å²) in [6.07, 6.45) is 0. The predicted molar refractivity (Wildman–Crippen MR) is 85.8 cm³/mol. The topological polar surface area (TPSA) is 56.8 Å². The molecule has 0 saturated carbocycles. The molecule has 1 heterocycles. The molecule has 124 valence electrons. The SMILES string of the molecule is CC(C)(C)OC=O.CC1(C)NC(COc2ccccc2)CO1. The average molecular weight is 309 g/mol. The first-order chi connectivity index (χ1) is 10.2. The van der Waals surface area contributed by atoms with Crippen LogP contribution in [-0.2, 0) is 14.3 Å². The average Bonchev–Trinajstić information content (AvgIpc) is 2.77. The third kappa shape index (κ3) is 8.00. The number of carbonyl (C=O) groups excluding carboxylic acids is 1. The molecule has 1 aromatic carbocycles. The third-order valence-corrected chi connectivity index (χ3v) is 2.79. The van der Waals surface area contributed by atoms with E-state index in [9.17, 15) is 4.79 Å². The minimum atomic E-state index is -0.318. The summed E-state index contributed by atoms with van der Waals surface area (Å²) in [5.41, 5.74) is -0.535. The minimum absolute atomic E-state index is 0.218. The minimum Gasteiger partial charge on any atom is -0.492 e. The maximum Gasteiger partial charge on any atom is 0.293 e. The molecule has 5 nitrogen and oxygen atoms in total. The Kier molecular flexibility index (Phi) is 6.84. The van der Waals surface area contributed by atoms with Gasteiger partial charge in [-0.05, 0) is 46.8 Å². The zero-order valence-electron chi connectivity index (χ0n) is 14.1. The summed E-state index contributed by atoms with van der Waals surface area (Å²) in [4.78, 5) is 9.60. The number of benzene rings is 1. The van der Waals surface area contributed by atoms with E-state index in [-0.39, 0.29) is 17.4 Å². The Morgan fingerprint density at radius 3 is 2.36 bits per heavy atom. The quantitative estimate of drug-likeness (QED) is 0.867. The molecule has 0 aliphatic carbocycles. The van der Waals surface area contributed by atoms with Gasteiger partial charge in [0, 0.05) is 0 Å². The highest BCUT2D eigenvalue weighted by atomic mass is 16.5. The highest BCUT2D eigenvalue weighted by Gasteiger charge is 2.30. The summed E-state index contributed by atoms with van der Waals surface area (Å²) >= 11 is 0. The van der Waals surface area contributed by atoms with Gasteiger partial charge in [0.05, 0.1) is 12.6 Å². The molecule has 0 spiro atoms. The molecule has 1 aromatic rings. The van der Waals surface area contributed by atoms with Crippen molar-refractivity contribution in [2.45, 2.75) is 52.0 Å². The zero-order valence-corrected chi connectivity index (χ0v) is 14.1. The summed E-state index contributed by atoms with van der Waals surface area (Å²) in [6, 6.07) is 10.1. The molecular formula is C17H27NO4. The largest absolute Gasteiger partial charge is 0.492 e. The van der Waals surface area contributed by atoms with E-state index in [4.69, 9.17) is 9.47 Å².